The summed E-state index contributed by atoms with van der Waals surface area (Å²) in [6.07, 6.45) is 7.82. The summed E-state index contributed by atoms with van der Waals surface area (Å²) >= 11 is 0. The van der Waals surface area contributed by atoms with Gasteiger partial charge in [-0.1, -0.05) is 5.92 Å². The predicted molar refractivity (Wildman–Crippen MR) is 41.7 cm³/mol. The van der Waals surface area contributed by atoms with Crippen LogP contribution in [0.5, 0.6) is 0 Å². The first-order valence-corrected chi connectivity index (χ1v) is 3.07. The number of terminal acetylenes is 1. The van der Waals surface area contributed by atoms with Crippen molar-refractivity contribution in [3.05, 3.63) is 0 Å². The first-order chi connectivity index (χ1) is 3.93. The Morgan fingerprint density at radius 1 is 1.56 bits per heavy atom. The molecule has 1 saturated carbocycles. The van der Waals surface area contributed by atoms with E-state index in [-0.39, 0.29) is 12.4 Å². The van der Waals surface area contributed by atoms with Gasteiger partial charge in [0, 0.05) is 0 Å². The van der Waals surface area contributed by atoms with E-state index < -0.39 is 0 Å². The molecular formula is C7H12ClN. The average molecular weight is 146 g/mol. The van der Waals surface area contributed by atoms with Gasteiger partial charge in [0.25, 0.3) is 0 Å². The Morgan fingerprint density at radius 3 is 2.67 bits per heavy atom. The van der Waals surface area contributed by atoms with Gasteiger partial charge in [-0.3, -0.25) is 0 Å². The Morgan fingerprint density at radius 2 is 2.22 bits per heavy atom. The predicted octanol–water partition coefficient (Wildman–Crippen LogP) is 1.04. The third-order valence-corrected chi connectivity index (χ3v) is 1.36. The summed E-state index contributed by atoms with van der Waals surface area (Å²) in [4.78, 5) is 0. The number of nitrogens with one attached hydrogen (secondary N) is 1. The Labute approximate surface area is 62.6 Å². The van der Waals surface area contributed by atoms with Crippen molar-refractivity contribution in [1.29, 1.82) is 0 Å². The maximum absolute atomic E-state index is 5.02. The van der Waals surface area contributed by atoms with Crippen LogP contribution >= 0.6 is 12.4 Å². The van der Waals surface area contributed by atoms with Crippen molar-refractivity contribution in [2.75, 3.05) is 13.1 Å². The van der Waals surface area contributed by atoms with Gasteiger partial charge in [-0.05, 0) is 25.3 Å². The smallest absolute Gasteiger partial charge is 0.0573 e. The third kappa shape index (κ3) is 4.32. The minimum atomic E-state index is 0. The molecule has 0 bridgehead atoms. The van der Waals surface area contributed by atoms with Crippen molar-refractivity contribution >= 4 is 12.4 Å². The van der Waals surface area contributed by atoms with E-state index in [0.717, 1.165) is 19.0 Å². The van der Waals surface area contributed by atoms with Gasteiger partial charge in [0.05, 0.1) is 6.54 Å². The molecule has 0 spiro atoms. The lowest BCUT2D eigenvalue weighted by Gasteiger charge is -1.93. The van der Waals surface area contributed by atoms with Gasteiger partial charge in [0.1, 0.15) is 0 Å². The summed E-state index contributed by atoms with van der Waals surface area (Å²) in [7, 11) is 0. The van der Waals surface area contributed by atoms with Crippen LogP contribution in [-0.2, 0) is 0 Å². The molecule has 9 heavy (non-hydrogen) atoms. The standard InChI is InChI=1S/C7H11N.ClH/c1-2-5-8-6-7-3-4-7;/h1,7-8H,3-6H2;1H. The molecule has 0 amide bonds. The van der Waals surface area contributed by atoms with Crippen molar-refractivity contribution in [3.8, 4) is 12.3 Å². The average Bonchev–Trinajstić information content (AvgIpc) is 2.51. The second kappa shape index (κ2) is 4.67. The van der Waals surface area contributed by atoms with Crippen molar-refractivity contribution < 1.29 is 0 Å². The molecular weight excluding hydrogens is 134 g/mol. The van der Waals surface area contributed by atoms with E-state index in [1.807, 2.05) is 0 Å². The highest BCUT2D eigenvalue weighted by Gasteiger charge is 2.19. The molecule has 1 nitrogen and oxygen atoms in total. The van der Waals surface area contributed by atoms with E-state index in [9.17, 15) is 0 Å². The molecule has 0 atom stereocenters. The van der Waals surface area contributed by atoms with Gasteiger partial charge in [-0.25, -0.2) is 0 Å². The number of halogens is 1. The highest BCUT2D eigenvalue weighted by atomic mass is 35.5. The maximum atomic E-state index is 5.02. The molecule has 2 heteroatoms. The van der Waals surface area contributed by atoms with Crippen LogP contribution in [0.4, 0.5) is 0 Å². The SMILES string of the molecule is C#CCNCC1CC1.Cl. The van der Waals surface area contributed by atoms with Crippen molar-refractivity contribution in [2.24, 2.45) is 5.92 Å². The zero-order valence-corrected chi connectivity index (χ0v) is 6.21. The molecule has 0 saturated heterocycles. The fourth-order valence-corrected chi connectivity index (χ4v) is 0.670. The van der Waals surface area contributed by atoms with Crippen molar-refractivity contribution in [1.82, 2.24) is 5.32 Å². The number of hydrogen-bond acceptors (Lipinski definition) is 1. The molecule has 0 aromatic carbocycles. The second-order valence-corrected chi connectivity index (χ2v) is 2.28. The fourth-order valence-electron chi connectivity index (χ4n) is 0.670. The minimum Gasteiger partial charge on any atom is -0.306 e. The third-order valence-electron chi connectivity index (χ3n) is 1.36. The highest BCUT2D eigenvalue weighted by Crippen LogP contribution is 2.27. The van der Waals surface area contributed by atoms with Gasteiger partial charge in [0.15, 0.2) is 0 Å². The Hall–Kier alpha value is -0.190. The normalized spacial score (nSPS) is 15.9. The molecule has 0 heterocycles. The van der Waals surface area contributed by atoms with E-state index in [1.165, 1.54) is 12.8 Å². The van der Waals surface area contributed by atoms with Crippen LogP contribution in [0.2, 0.25) is 0 Å². The van der Waals surface area contributed by atoms with Gasteiger partial charge < -0.3 is 5.32 Å². The topological polar surface area (TPSA) is 12.0 Å². The Kier molecular flexibility index (Phi) is 4.57. The largest absolute Gasteiger partial charge is 0.306 e. The summed E-state index contributed by atoms with van der Waals surface area (Å²) < 4.78 is 0. The van der Waals surface area contributed by atoms with Gasteiger partial charge >= 0.3 is 0 Å². The zero-order valence-electron chi connectivity index (χ0n) is 5.39. The van der Waals surface area contributed by atoms with E-state index in [0.29, 0.717) is 0 Å². The molecule has 0 aromatic heterocycles. The van der Waals surface area contributed by atoms with Crippen LogP contribution in [0.25, 0.3) is 0 Å². The van der Waals surface area contributed by atoms with E-state index in [2.05, 4.69) is 11.2 Å². The molecule has 0 aliphatic heterocycles. The molecule has 1 N–H and O–H groups in total. The number of rotatable bonds is 3. The first kappa shape index (κ1) is 8.81. The van der Waals surface area contributed by atoms with Crippen LogP contribution in [-0.4, -0.2) is 13.1 Å². The quantitative estimate of drug-likeness (QED) is 0.462. The summed E-state index contributed by atoms with van der Waals surface area (Å²) in [5.41, 5.74) is 0. The lowest BCUT2D eigenvalue weighted by atomic mass is 10.4. The van der Waals surface area contributed by atoms with Crippen LogP contribution in [0, 0.1) is 18.3 Å². The molecule has 0 unspecified atom stereocenters. The first-order valence-electron chi connectivity index (χ1n) is 3.07. The Balaban J connectivity index is 0.000000640. The maximum Gasteiger partial charge on any atom is 0.0573 e. The highest BCUT2D eigenvalue weighted by molar-refractivity contribution is 5.85. The summed E-state index contributed by atoms with van der Waals surface area (Å²) in [6, 6.07) is 0. The minimum absolute atomic E-state index is 0. The Bertz CT molecular complexity index is 102. The van der Waals surface area contributed by atoms with Crippen molar-refractivity contribution in [3.63, 3.8) is 0 Å². The lowest BCUT2D eigenvalue weighted by Crippen LogP contribution is -2.16. The molecule has 52 valence electrons. The van der Waals surface area contributed by atoms with Crippen LogP contribution in [0.15, 0.2) is 0 Å². The number of hydrogen-bond donors (Lipinski definition) is 1. The van der Waals surface area contributed by atoms with Crippen LogP contribution in [0.3, 0.4) is 0 Å². The second-order valence-electron chi connectivity index (χ2n) is 2.28. The van der Waals surface area contributed by atoms with E-state index in [4.69, 9.17) is 6.42 Å². The van der Waals surface area contributed by atoms with E-state index in [1.54, 1.807) is 0 Å². The fraction of sp³-hybridized carbons (Fsp3) is 0.714. The van der Waals surface area contributed by atoms with Gasteiger partial charge in [-0.15, -0.1) is 18.8 Å². The molecule has 1 fully saturated rings. The summed E-state index contributed by atoms with van der Waals surface area (Å²) in [5, 5.41) is 3.16. The van der Waals surface area contributed by atoms with Gasteiger partial charge in [-0.2, -0.15) is 0 Å². The molecule has 0 aromatic rings. The zero-order chi connectivity index (χ0) is 5.82. The van der Waals surface area contributed by atoms with Crippen LogP contribution < -0.4 is 5.32 Å². The molecule has 1 rings (SSSR count). The molecule has 1 aliphatic carbocycles. The molecule has 1 aliphatic rings. The summed E-state index contributed by atoms with van der Waals surface area (Å²) in [6.45, 7) is 1.86. The molecule has 0 radical (unpaired) electrons. The van der Waals surface area contributed by atoms with E-state index >= 15 is 0 Å². The summed E-state index contributed by atoms with van der Waals surface area (Å²) in [5.74, 6) is 3.49. The van der Waals surface area contributed by atoms with Crippen molar-refractivity contribution in [2.45, 2.75) is 12.8 Å². The lowest BCUT2D eigenvalue weighted by molar-refractivity contribution is 0.689. The monoisotopic (exact) mass is 145 g/mol. The van der Waals surface area contributed by atoms with Gasteiger partial charge in [0.2, 0.25) is 0 Å². The van der Waals surface area contributed by atoms with Crippen LogP contribution in [0.1, 0.15) is 12.8 Å².